The molecule has 5 nitrogen and oxygen atoms in total. The topological polar surface area (TPSA) is 66.8 Å². The molecule has 0 spiro atoms. The van der Waals surface area contributed by atoms with Crippen LogP contribution in [-0.4, -0.2) is 48.2 Å². The van der Waals surface area contributed by atoms with Crippen molar-refractivity contribution >= 4 is 11.9 Å². The number of hydrogen-bond acceptors (Lipinski definition) is 4. The molecule has 0 fully saturated rings. The summed E-state index contributed by atoms with van der Waals surface area (Å²) in [5.41, 5.74) is 0. The van der Waals surface area contributed by atoms with Crippen LogP contribution in [0.15, 0.2) is 12.2 Å². The molecule has 0 saturated carbocycles. The molecule has 0 saturated heterocycles. The lowest BCUT2D eigenvalue weighted by Gasteiger charge is -2.19. The van der Waals surface area contributed by atoms with Gasteiger partial charge in [0.25, 0.3) is 0 Å². The van der Waals surface area contributed by atoms with Crippen LogP contribution >= 0.6 is 0 Å². The Labute approximate surface area is 166 Å². The minimum absolute atomic E-state index is 0.175. The Morgan fingerprint density at radius 1 is 0.963 bits per heavy atom. The first-order chi connectivity index (χ1) is 13.0. The van der Waals surface area contributed by atoms with Gasteiger partial charge in [-0.25, -0.2) is 0 Å². The second-order valence-corrected chi connectivity index (χ2v) is 7.11. The van der Waals surface area contributed by atoms with Crippen LogP contribution in [0.1, 0.15) is 85.0 Å². The summed E-state index contributed by atoms with van der Waals surface area (Å²) in [5.74, 6) is -1.95. The number of hydrogen-bond donors (Lipinski definition) is 1. The summed E-state index contributed by atoms with van der Waals surface area (Å²) in [6, 6.07) is 0. The molecule has 0 radical (unpaired) electrons. The van der Waals surface area contributed by atoms with E-state index < -0.39 is 17.9 Å². The first-order valence-corrected chi connectivity index (χ1v) is 10.8. The smallest absolute Gasteiger partial charge is 0.309 e. The molecule has 1 N–H and O–H groups in total. The second kappa shape index (κ2) is 18.0. The summed E-state index contributed by atoms with van der Waals surface area (Å²) in [6.45, 7) is 9.18. The van der Waals surface area contributed by atoms with Crippen molar-refractivity contribution in [2.75, 3.05) is 26.2 Å². The zero-order valence-electron chi connectivity index (χ0n) is 17.8. The largest absolute Gasteiger partial charge is 0.481 e. The number of carbonyl (C=O) groups excluding carboxylic acids is 1. The fourth-order valence-electron chi connectivity index (χ4n) is 3.00. The lowest BCUT2D eigenvalue weighted by molar-refractivity contribution is -0.153. The molecule has 0 rings (SSSR count). The van der Waals surface area contributed by atoms with Gasteiger partial charge in [0.05, 0.1) is 12.3 Å². The Bertz CT molecular complexity index is 405. The third-order valence-electron chi connectivity index (χ3n) is 4.86. The molecule has 0 aromatic rings. The number of aliphatic carboxylic acids is 1. The van der Waals surface area contributed by atoms with Gasteiger partial charge in [0.1, 0.15) is 6.61 Å². The highest BCUT2D eigenvalue weighted by atomic mass is 16.5. The zero-order chi connectivity index (χ0) is 20.3. The first-order valence-electron chi connectivity index (χ1n) is 10.8. The standard InChI is InChI=1S/C22H41NO4/c1-4-7-8-9-10-11-12-13-14-15-16-20(19-21(24)25)22(26)27-18-17-23(5-2)6-3/h14-15,20H,4-13,16-19H2,1-3H3,(H,24,25). The number of rotatable bonds is 18. The number of carbonyl (C=O) groups is 2. The van der Waals surface area contributed by atoms with E-state index in [1.807, 2.05) is 6.08 Å². The highest BCUT2D eigenvalue weighted by molar-refractivity contribution is 5.79. The molecule has 0 bridgehead atoms. The third kappa shape index (κ3) is 15.4. The van der Waals surface area contributed by atoms with E-state index in [9.17, 15) is 9.59 Å². The van der Waals surface area contributed by atoms with Gasteiger partial charge >= 0.3 is 11.9 Å². The highest BCUT2D eigenvalue weighted by Gasteiger charge is 2.22. The first kappa shape index (κ1) is 25.6. The summed E-state index contributed by atoms with van der Waals surface area (Å²) in [5, 5.41) is 9.04. The maximum absolute atomic E-state index is 12.2. The molecule has 0 aliphatic heterocycles. The summed E-state index contributed by atoms with van der Waals surface area (Å²) in [7, 11) is 0. The quantitative estimate of drug-likeness (QED) is 0.204. The van der Waals surface area contributed by atoms with Crippen LogP contribution in [0.4, 0.5) is 0 Å². The van der Waals surface area contributed by atoms with E-state index in [0.29, 0.717) is 19.6 Å². The van der Waals surface area contributed by atoms with Crippen molar-refractivity contribution < 1.29 is 19.4 Å². The zero-order valence-corrected chi connectivity index (χ0v) is 17.8. The van der Waals surface area contributed by atoms with E-state index in [1.54, 1.807) is 0 Å². The predicted molar refractivity (Wildman–Crippen MR) is 111 cm³/mol. The average Bonchev–Trinajstić information content (AvgIpc) is 2.65. The van der Waals surface area contributed by atoms with E-state index >= 15 is 0 Å². The van der Waals surface area contributed by atoms with Crippen LogP contribution in [0.25, 0.3) is 0 Å². The average molecular weight is 384 g/mol. The van der Waals surface area contributed by atoms with Crippen molar-refractivity contribution in [1.29, 1.82) is 0 Å². The molecular weight excluding hydrogens is 342 g/mol. The molecule has 1 unspecified atom stereocenters. The van der Waals surface area contributed by atoms with Crippen molar-refractivity contribution in [2.24, 2.45) is 5.92 Å². The molecule has 0 heterocycles. The second-order valence-electron chi connectivity index (χ2n) is 7.11. The molecule has 5 heteroatoms. The summed E-state index contributed by atoms with van der Waals surface area (Å²) in [6.07, 6.45) is 14.2. The van der Waals surface area contributed by atoms with Gasteiger partial charge in [-0.1, -0.05) is 71.4 Å². The van der Waals surface area contributed by atoms with Crippen LogP contribution in [-0.2, 0) is 14.3 Å². The van der Waals surface area contributed by atoms with E-state index in [1.165, 1.54) is 38.5 Å². The van der Waals surface area contributed by atoms with Crippen molar-refractivity contribution in [2.45, 2.75) is 85.0 Å². The molecular formula is C22H41NO4. The number of allylic oxidation sites excluding steroid dienone is 2. The summed E-state index contributed by atoms with van der Waals surface area (Å²) >= 11 is 0. The van der Waals surface area contributed by atoms with Gasteiger partial charge in [0.15, 0.2) is 0 Å². The maximum Gasteiger partial charge on any atom is 0.309 e. The Hall–Kier alpha value is -1.36. The van der Waals surface area contributed by atoms with Gasteiger partial charge in [-0.05, 0) is 32.4 Å². The fraction of sp³-hybridized carbons (Fsp3) is 0.818. The van der Waals surface area contributed by atoms with Crippen LogP contribution in [0.3, 0.4) is 0 Å². The molecule has 0 aromatic heterocycles. The Kier molecular flexibility index (Phi) is 17.1. The van der Waals surface area contributed by atoms with Gasteiger partial charge < -0.3 is 14.7 Å². The molecule has 27 heavy (non-hydrogen) atoms. The van der Waals surface area contributed by atoms with E-state index in [0.717, 1.165) is 25.9 Å². The van der Waals surface area contributed by atoms with Gasteiger partial charge in [-0.15, -0.1) is 0 Å². The van der Waals surface area contributed by atoms with Crippen LogP contribution in [0, 0.1) is 5.92 Å². The highest BCUT2D eigenvalue weighted by Crippen LogP contribution is 2.14. The number of carboxylic acid groups (broad SMARTS) is 1. The van der Waals surface area contributed by atoms with Crippen LogP contribution in [0.2, 0.25) is 0 Å². The van der Waals surface area contributed by atoms with Gasteiger partial charge in [0.2, 0.25) is 0 Å². The number of esters is 1. The lowest BCUT2D eigenvalue weighted by atomic mass is 10.0. The van der Waals surface area contributed by atoms with Crippen molar-refractivity contribution in [3.63, 3.8) is 0 Å². The minimum atomic E-state index is -0.957. The molecule has 1 atom stereocenters. The molecule has 0 aromatic carbocycles. The molecule has 0 aliphatic carbocycles. The fourth-order valence-corrected chi connectivity index (χ4v) is 3.00. The van der Waals surface area contributed by atoms with Gasteiger partial charge in [0, 0.05) is 6.54 Å². The lowest BCUT2D eigenvalue weighted by Crippen LogP contribution is -2.29. The summed E-state index contributed by atoms with van der Waals surface area (Å²) in [4.78, 5) is 25.4. The normalized spacial score (nSPS) is 12.6. The molecule has 0 amide bonds. The van der Waals surface area contributed by atoms with E-state index in [-0.39, 0.29) is 6.42 Å². The van der Waals surface area contributed by atoms with Gasteiger partial charge in [-0.3, -0.25) is 9.59 Å². The van der Waals surface area contributed by atoms with Crippen molar-refractivity contribution in [1.82, 2.24) is 4.90 Å². The number of likely N-dealkylation sites (N-methyl/N-ethyl adjacent to an activating group) is 1. The Morgan fingerprint density at radius 2 is 1.59 bits per heavy atom. The monoisotopic (exact) mass is 383 g/mol. The van der Waals surface area contributed by atoms with Gasteiger partial charge in [-0.2, -0.15) is 0 Å². The third-order valence-corrected chi connectivity index (χ3v) is 4.86. The Balaban J connectivity index is 4.07. The van der Waals surface area contributed by atoms with E-state index in [2.05, 4.69) is 31.7 Å². The number of carboxylic acids is 1. The minimum Gasteiger partial charge on any atom is -0.481 e. The molecule has 0 aliphatic rings. The van der Waals surface area contributed by atoms with Crippen LogP contribution in [0.5, 0.6) is 0 Å². The number of unbranched alkanes of at least 4 members (excludes halogenated alkanes) is 7. The SMILES string of the molecule is CCCCCCCCCC=CCC(CC(=O)O)C(=O)OCCN(CC)CC. The number of ether oxygens (including phenoxy) is 1. The van der Waals surface area contributed by atoms with Crippen LogP contribution < -0.4 is 0 Å². The van der Waals surface area contributed by atoms with Crippen molar-refractivity contribution in [3.05, 3.63) is 12.2 Å². The maximum atomic E-state index is 12.2. The predicted octanol–water partition coefficient (Wildman–Crippen LogP) is 5.05. The molecule has 158 valence electrons. The van der Waals surface area contributed by atoms with Crippen molar-refractivity contribution in [3.8, 4) is 0 Å². The Morgan fingerprint density at radius 3 is 2.19 bits per heavy atom. The van der Waals surface area contributed by atoms with E-state index in [4.69, 9.17) is 9.84 Å². The summed E-state index contributed by atoms with van der Waals surface area (Å²) < 4.78 is 5.30. The number of nitrogens with zero attached hydrogens (tertiary/aromatic N) is 1.